The van der Waals surface area contributed by atoms with Crippen molar-refractivity contribution < 1.29 is 10.2 Å². The third kappa shape index (κ3) is 3.28. The molecule has 0 bridgehead atoms. The summed E-state index contributed by atoms with van der Waals surface area (Å²) in [6.45, 7) is 2.03. The number of pyridine rings is 1. The average molecular weight is 419 g/mol. The average Bonchev–Trinajstić information content (AvgIpc) is 3.28. The number of aryl methyl sites for hydroxylation is 1. The van der Waals surface area contributed by atoms with Gasteiger partial charge in [0, 0.05) is 11.6 Å². The molecule has 5 rings (SSSR count). The van der Waals surface area contributed by atoms with Gasteiger partial charge in [0.2, 0.25) is 0 Å². The first kappa shape index (κ1) is 19.7. The summed E-state index contributed by atoms with van der Waals surface area (Å²) >= 11 is 0. The number of nitrogens with two attached hydrogens (primary N) is 2. The summed E-state index contributed by atoms with van der Waals surface area (Å²) in [6, 6.07) is 11.5. The van der Waals surface area contributed by atoms with Gasteiger partial charge in [-0.1, -0.05) is 19.1 Å². The van der Waals surface area contributed by atoms with Crippen LogP contribution in [0.1, 0.15) is 31.4 Å². The van der Waals surface area contributed by atoms with Gasteiger partial charge in [-0.05, 0) is 54.5 Å². The van der Waals surface area contributed by atoms with Crippen LogP contribution in [0.2, 0.25) is 0 Å². The summed E-state index contributed by atoms with van der Waals surface area (Å²) < 4.78 is 1.91. The number of aromatic nitrogens is 4. The number of rotatable bonds is 4. The van der Waals surface area contributed by atoms with Crippen molar-refractivity contribution in [2.45, 2.75) is 44.4 Å². The standard InChI is InChI=1S/C23H26N6O2/c1-23(8-6-13-2-3-14-4-5-18(24)28-16(14)10-13)11-17(19(30)20(23)31)29-9-7-15-21(25)26-12-27-22(15)29/h2-5,7,9-10,12,17,19-20,30-31H,6,8,11H2,1H3,(H2,24,28)(H2,25,26,27)/t17-,19+,20+,23+/m1/s1. The molecular weight excluding hydrogens is 392 g/mol. The molecule has 0 radical (unpaired) electrons. The van der Waals surface area contributed by atoms with Crippen LogP contribution in [-0.4, -0.2) is 41.9 Å². The van der Waals surface area contributed by atoms with E-state index < -0.39 is 17.6 Å². The van der Waals surface area contributed by atoms with Crippen molar-refractivity contribution in [2.75, 3.05) is 11.5 Å². The number of hydrogen-bond donors (Lipinski definition) is 4. The third-order valence-corrected chi connectivity index (χ3v) is 6.77. The minimum atomic E-state index is -0.894. The highest BCUT2D eigenvalue weighted by Gasteiger charge is 2.50. The van der Waals surface area contributed by atoms with Gasteiger partial charge >= 0.3 is 0 Å². The highest BCUT2D eigenvalue weighted by atomic mass is 16.3. The number of hydrogen-bond acceptors (Lipinski definition) is 7. The summed E-state index contributed by atoms with van der Waals surface area (Å²) in [7, 11) is 0. The van der Waals surface area contributed by atoms with Crippen LogP contribution in [0, 0.1) is 5.41 Å². The van der Waals surface area contributed by atoms with Crippen molar-refractivity contribution in [1.82, 2.24) is 19.5 Å². The first-order valence-electron chi connectivity index (χ1n) is 10.4. The summed E-state index contributed by atoms with van der Waals surface area (Å²) in [5, 5.41) is 23.6. The normalized spacial score (nSPS) is 26.1. The second-order valence-electron chi connectivity index (χ2n) is 8.84. The Morgan fingerprint density at radius 1 is 1.13 bits per heavy atom. The lowest BCUT2D eigenvalue weighted by Gasteiger charge is -2.28. The van der Waals surface area contributed by atoms with Crippen LogP contribution in [0.15, 0.2) is 48.9 Å². The van der Waals surface area contributed by atoms with Gasteiger partial charge in [-0.25, -0.2) is 15.0 Å². The van der Waals surface area contributed by atoms with E-state index in [1.165, 1.54) is 6.33 Å². The molecule has 0 amide bonds. The Kier molecular flexibility index (Phi) is 4.56. The zero-order valence-corrected chi connectivity index (χ0v) is 17.3. The number of nitrogen functional groups attached to an aromatic ring is 2. The minimum Gasteiger partial charge on any atom is -0.390 e. The number of aliphatic hydroxyl groups is 2. The zero-order chi connectivity index (χ0) is 21.8. The second-order valence-corrected chi connectivity index (χ2v) is 8.84. The van der Waals surface area contributed by atoms with E-state index in [4.69, 9.17) is 11.5 Å². The Labute approximate surface area is 179 Å². The van der Waals surface area contributed by atoms with Crippen LogP contribution in [0.4, 0.5) is 11.6 Å². The molecular formula is C23H26N6O2. The molecule has 31 heavy (non-hydrogen) atoms. The van der Waals surface area contributed by atoms with Gasteiger partial charge in [0.25, 0.3) is 0 Å². The molecule has 0 spiro atoms. The fourth-order valence-corrected chi connectivity index (χ4v) is 4.88. The van der Waals surface area contributed by atoms with Crippen LogP contribution in [0.5, 0.6) is 0 Å². The lowest BCUT2D eigenvalue weighted by Crippen LogP contribution is -2.35. The number of benzene rings is 1. The van der Waals surface area contributed by atoms with E-state index in [9.17, 15) is 10.2 Å². The van der Waals surface area contributed by atoms with Gasteiger partial charge in [-0.3, -0.25) is 0 Å². The Bertz CT molecular complexity index is 1270. The van der Waals surface area contributed by atoms with Crippen LogP contribution in [-0.2, 0) is 6.42 Å². The predicted octanol–water partition coefficient (Wildman–Crippen LogP) is 2.45. The van der Waals surface area contributed by atoms with Crippen LogP contribution < -0.4 is 11.5 Å². The van der Waals surface area contributed by atoms with E-state index in [0.717, 1.165) is 34.7 Å². The molecule has 0 saturated heterocycles. The molecule has 6 N–H and O–H groups in total. The van der Waals surface area contributed by atoms with Crippen LogP contribution >= 0.6 is 0 Å². The molecule has 1 aliphatic carbocycles. The Balaban J connectivity index is 1.39. The molecule has 1 aromatic carbocycles. The van der Waals surface area contributed by atoms with Crippen molar-refractivity contribution in [3.05, 3.63) is 54.5 Å². The van der Waals surface area contributed by atoms with E-state index in [1.54, 1.807) is 6.07 Å². The van der Waals surface area contributed by atoms with E-state index in [1.807, 2.05) is 42.0 Å². The van der Waals surface area contributed by atoms with Crippen LogP contribution in [0.3, 0.4) is 0 Å². The molecule has 1 aliphatic rings. The van der Waals surface area contributed by atoms with Crippen molar-refractivity contribution in [2.24, 2.45) is 5.41 Å². The Morgan fingerprint density at radius 3 is 2.77 bits per heavy atom. The minimum absolute atomic E-state index is 0.287. The topological polar surface area (TPSA) is 136 Å². The van der Waals surface area contributed by atoms with E-state index in [2.05, 4.69) is 21.0 Å². The number of aliphatic hydroxyl groups excluding tert-OH is 2. The molecule has 4 aromatic rings. The molecule has 4 atom stereocenters. The van der Waals surface area contributed by atoms with Crippen molar-refractivity contribution in [3.8, 4) is 0 Å². The maximum atomic E-state index is 10.9. The lowest BCUT2D eigenvalue weighted by atomic mass is 9.80. The Hall–Kier alpha value is -3.23. The van der Waals surface area contributed by atoms with Gasteiger partial charge in [0.1, 0.15) is 29.7 Å². The van der Waals surface area contributed by atoms with Gasteiger partial charge in [-0.15, -0.1) is 0 Å². The molecule has 1 fully saturated rings. The smallest absolute Gasteiger partial charge is 0.145 e. The molecule has 3 aromatic heterocycles. The van der Waals surface area contributed by atoms with E-state index in [-0.39, 0.29) is 6.04 Å². The summed E-state index contributed by atoms with van der Waals surface area (Å²) in [5.74, 6) is 0.905. The SMILES string of the molecule is C[C@]1(CCc2ccc3ccc(N)nc3c2)C[C@@H](n2ccc3c(N)ncnc32)[C@H](O)[C@@H]1O. The molecule has 160 valence electrons. The van der Waals surface area contributed by atoms with Gasteiger partial charge < -0.3 is 26.2 Å². The zero-order valence-electron chi connectivity index (χ0n) is 17.3. The van der Waals surface area contributed by atoms with Crippen molar-refractivity contribution in [3.63, 3.8) is 0 Å². The molecule has 8 heteroatoms. The van der Waals surface area contributed by atoms with Gasteiger partial charge in [-0.2, -0.15) is 0 Å². The number of nitrogens with zero attached hydrogens (tertiary/aromatic N) is 4. The van der Waals surface area contributed by atoms with E-state index in [0.29, 0.717) is 23.7 Å². The fraction of sp³-hybridized carbons (Fsp3) is 0.348. The largest absolute Gasteiger partial charge is 0.390 e. The molecule has 0 aliphatic heterocycles. The highest BCUT2D eigenvalue weighted by Crippen LogP contribution is 2.48. The van der Waals surface area contributed by atoms with E-state index >= 15 is 0 Å². The van der Waals surface area contributed by atoms with Gasteiger partial charge in [0.05, 0.1) is 23.0 Å². The van der Waals surface area contributed by atoms with Crippen LogP contribution in [0.25, 0.3) is 21.9 Å². The molecule has 8 nitrogen and oxygen atoms in total. The number of fused-ring (bicyclic) bond motifs is 2. The molecule has 3 heterocycles. The number of anilines is 2. The first-order chi connectivity index (χ1) is 14.9. The molecule has 0 unspecified atom stereocenters. The van der Waals surface area contributed by atoms with Gasteiger partial charge in [0.15, 0.2) is 0 Å². The predicted molar refractivity (Wildman–Crippen MR) is 120 cm³/mol. The lowest BCUT2D eigenvalue weighted by molar-refractivity contribution is -0.0241. The third-order valence-electron chi connectivity index (χ3n) is 6.77. The quantitative estimate of drug-likeness (QED) is 0.400. The first-order valence-corrected chi connectivity index (χ1v) is 10.4. The maximum Gasteiger partial charge on any atom is 0.145 e. The second kappa shape index (κ2) is 7.18. The summed E-state index contributed by atoms with van der Waals surface area (Å²) in [4.78, 5) is 12.8. The monoisotopic (exact) mass is 418 g/mol. The summed E-state index contributed by atoms with van der Waals surface area (Å²) in [5.41, 5.74) is 14.0. The Morgan fingerprint density at radius 2 is 1.94 bits per heavy atom. The van der Waals surface area contributed by atoms with Crippen molar-refractivity contribution in [1.29, 1.82) is 0 Å². The molecule has 1 saturated carbocycles. The summed E-state index contributed by atoms with van der Waals surface area (Å²) in [6.07, 6.45) is 3.67. The highest BCUT2D eigenvalue weighted by molar-refractivity contribution is 5.86. The van der Waals surface area contributed by atoms with Crippen molar-refractivity contribution >= 4 is 33.6 Å². The fourth-order valence-electron chi connectivity index (χ4n) is 4.88. The maximum absolute atomic E-state index is 10.9.